The number of ether oxygens (including phenoxy) is 2. The summed E-state index contributed by atoms with van der Waals surface area (Å²) in [4.78, 5) is 29.2. The number of nitrogens with one attached hydrogen (secondary N) is 1. The first-order valence-electron chi connectivity index (χ1n) is 10.5. The smallest absolute Gasteiger partial charge is 0.256 e. The molecule has 0 unspecified atom stereocenters. The van der Waals surface area contributed by atoms with Gasteiger partial charge in [0.1, 0.15) is 12.3 Å². The van der Waals surface area contributed by atoms with E-state index in [9.17, 15) is 18.0 Å². The van der Waals surface area contributed by atoms with Crippen molar-refractivity contribution in [2.45, 2.75) is 11.8 Å². The van der Waals surface area contributed by atoms with Gasteiger partial charge in [-0.1, -0.05) is 6.07 Å². The Morgan fingerprint density at radius 3 is 2.55 bits per heavy atom. The number of sulfonamides is 1. The Labute approximate surface area is 193 Å². The summed E-state index contributed by atoms with van der Waals surface area (Å²) in [5.74, 6) is -0.273. The van der Waals surface area contributed by atoms with Crippen molar-refractivity contribution in [2.24, 2.45) is 5.14 Å². The summed E-state index contributed by atoms with van der Waals surface area (Å²) < 4.78 is 34.4. The van der Waals surface area contributed by atoms with Gasteiger partial charge < -0.3 is 24.6 Å². The SMILES string of the molecule is CCN(CC(=O)Nc1cccc(OC)c1)C(=O)c1cc(S(N)(=O)=O)ccc1N1CCOCC1. The summed E-state index contributed by atoms with van der Waals surface area (Å²) in [6.07, 6.45) is 0. The van der Waals surface area contributed by atoms with Gasteiger partial charge in [-0.15, -0.1) is 0 Å². The molecule has 3 N–H and O–H groups in total. The van der Waals surface area contributed by atoms with Crippen LogP contribution in [0.5, 0.6) is 5.75 Å². The van der Waals surface area contributed by atoms with Gasteiger partial charge in [-0.05, 0) is 37.3 Å². The van der Waals surface area contributed by atoms with Gasteiger partial charge >= 0.3 is 0 Å². The predicted octanol–water partition coefficient (Wildman–Crippen LogP) is 1.28. The fourth-order valence-electron chi connectivity index (χ4n) is 3.52. The molecule has 3 rings (SSSR count). The number of amides is 2. The molecule has 1 aliphatic rings. The van der Waals surface area contributed by atoms with E-state index in [4.69, 9.17) is 14.6 Å². The van der Waals surface area contributed by atoms with Crippen molar-refractivity contribution >= 4 is 33.2 Å². The van der Waals surface area contributed by atoms with Crippen LogP contribution in [0.2, 0.25) is 0 Å². The van der Waals surface area contributed by atoms with Gasteiger partial charge in [-0.3, -0.25) is 9.59 Å². The van der Waals surface area contributed by atoms with E-state index in [1.54, 1.807) is 37.3 Å². The number of primary sulfonamides is 1. The Bertz CT molecular complexity index is 1120. The van der Waals surface area contributed by atoms with E-state index in [1.165, 1.54) is 24.1 Å². The van der Waals surface area contributed by atoms with Crippen molar-refractivity contribution in [1.82, 2.24) is 4.90 Å². The molecule has 2 aromatic carbocycles. The quantitative estimate of drug-likeness (QED) is 0.587. The molecule has 0 saturated carbocycles. The van der Waals surface area contributed by atoms with Crippen molar-refractivity contribution in [1.29, 1.82) is 0 Å². The lowest BCUT2D eigenvalue weighted by molar-refractivity contribution is -0.116. The molecule has 0 spiro atoms. The van der Waals surface area contributed by atoms with Crippen LogP contribution in [-0.4, -0.2) is 71.6 Å². The average Bonchev–Trinajstić information content (AvgIpc) is 2.81. The molecule has 0 aromatic heterocycles. The second-order valence-corrected chi connectivity index (χ2v) is 8.98. The molecule has 2 aromatic rings. The van der Waals surface area contributed by atoms with Gasteiger partial charge in [0.25, 0.3) is 5.91 Å². The van der Waals surface area contributed by atoms with Gasteiger partial charge in [0.05, 0.1) is 30.8 Å². The van der Waals surface area contributed by atoms with Gasteiger partial charge in [0.2, 0.25) is 15.9 Å². The molecule has 2 amide bonds. The van der Waals surface area contributed by atoms with Crippen LogP contribution in [-0.2, 0) is 19.6 Å². The highest BCUT2D eigenvalue weighted by molar-refractivity contribution is 7.89. The molecule has 11 heteroatoms. The van der Waals surface area contributed by atoms with E-state index >= 15 is 0 Å². The third kappa shape index (κ3) is 6.21. The molecule has 178 valence electrons. The second-order valence-electron chi connectivity index (χ2n) is 7.42. The number of carbonyl (C=O) groups excluding carboxylic acids is 2. The number of hydrogen-bond acceptors (Lipinski definition) is 7. The Morgan fingerprint density at radius 2 is 1.91 bits per heavy atom. The highest BCUT2D eigenvalue weighted by Gasteiger charge is 2.25. The summed E-state index contributed by atoms with van der Waals surface area (Å²) in [6, 6.07) is 11.1. The largest absolute Gasteiger partial charge is 0.497 e. The lowest BCUT2D eigenvalue weighted by Crippen LogP contribution is -2.41. The molecule has 0 atom stereocenters. The molecule has 0 bridgehead atoms. The predicted molar refractivity (Wildman–Crippen MR) is 124 cm³/mol. The van der Waals surface area contributed by atoms with Crippen molar-refractivity contribution in [3.63, 3.8) is 0 Å². The Kier molecular flexibility index (Phi) is 7.90. The molecular formula is C22H28N4O6S. The summed E-state index contributed by atoms with van der Waals surface area (Å²) >= 11 is 0. The minimum absolute atomic E-state index is 0.166. The lowest BCUT2D eigenvalue weighted by atomic mass is 10.1. The van der Waals surface area contributed by atoms with E-state index in [0.29, 0.717) is 43.4 Å². The number of nitrogens with two attached hydrogens (primary N) is 1. The Balaban J connectivity index is 1.86. The normalized spacial score (nSPS) is 14.0. The summed E-state index contributed by atoms with van der Waals surface area (Å²) in [7, 11) is -2.49. The van der Waals surface area contributed by atoms with Crippen molar-refractivity contribution in [2.75, 3.05) is 56.7 Å². The first kappa shape index (κ1) is 24.5. The molecule has 1 aliphatic heterocycles. The Morgan fingerprint density at radius 1 is 1.18 bits per heavy atom. The number of likely N-dealkylation sites (N-methyl/N-ethyl adjacent to an activating group) is 1. The third-order valence-electron chi connectivity index (χ3n) is 5.24. The summed E-state index contributed by atoms with van der Waals surface area (Å²) in [6.45, 7) is 3.86. The number of carbonyl (C=O) groups is 2. The van der Waals surface area contributed by atoms with Gasteiger partial charge in [0, 0.05) is 37.1 Å². The van der Waals surface area contributed by atoms with Crippen LogP contribution in [0.4, 0.5) is 11.4 Å². The lowest BCUT2D eigenvalue weighted by Gasteiger charge is -2.31. The van der Waals surface area contributed by atoms with Crippen LogP contribution in [0.1, 0.15) is 17.3 Å². The van der Waals surface area contributed by atoms with Gasteiger partial charge in [-0.25, -0.2) is 13.6 Å². The van der Waals surface area contributed by atoms with Crippen molar-refractivity contribution in [3.05, 3.63) is 48.0 Å². The highest BCUT2D eigenvalue weighted by atomic mass is 32.2. The highest BCUT2D eigenvalue weighted by Crippen LogP contribution is 2.26. The van der Waals surface area contributed by atoms with Gasteiger partial charge in [0.15, 0.2) is 0 Å². The minimum Gasteiger partial charge on any atom is -0.497 e. The van der Waals surface area contributed by atoms with Gasteiger partial charge in [-0.2, -0.15) is 0 Å². The van der Waals surface area contributed by atoms with E-state index in [1.807, 2.05) is 4.90 Å². The average molecular weight is 477 g/mol. The first-order valence-corrected chi connectivity index (χ1v) is 12.0. The number of hydrogen-bond donors (Lipinski definition) is 2. The van der Waals surface area contributed by atoms with Crippen LogP contribution in [0, 0.1) is 0 Å². The van der Waals surface area contributed by atoms with Crippen molar-refractivity contribution in [3.8, 4) is 5.75 Å². The summed E-state index contributed by atoms with van der Waals surface area (Å²) in [5.41, 5.74) is 1.27. The zero-order valence-electron chi connectivity index (χ0n) is 18.6. The zero-order chi connectivity index (χ0) is 24.0. The second kappa shape index (κ2) is 10.6. The summed E-state index contributed by atoms with van der Waals surface area (Å²) in [5, 5.41) is 8.04. The van der Waals surface area contributed by atoms with E-state index in [-0.39, 0.29) is 23.5 Å². The third-order valence-corrected chi connectivity index (χ3v) is 6.15. The topological polar surface area (TPSA) is 131 Å². The molecule has 1 saturated heterocycles. The zero-order valence-corrected chi connectivity index (χ0v) is 19.4. The number of nitrogens with zero attached hydrogens (tertiary/aromatic N) is 2. The van der Waals surface area contributed by atoms with Crippen molar-refractivity contribution < 1.29 is 27.5 Å². The fraction of sp³-hybridized carbons (Fsp3) is 0.364. The first-order chi connectivity index (χ1) is 15.7. The molecule has 0 aliphatic carbocycles. The number of rotatable bonds is 8. The number of anilines is 2. The molecule has 10 nitrogen and oxygen atoms in total. The monoisotopic (exact) mass is 476 g/mol. The Hall–Kier alpha value is -3.15. The molecule has 33 heavy (non-hydrogen) atoms. The van der Waals surface area contributed by atoms with E-state index in [0.717, 1.165) is 0 Å². The molecule has 1 heterocycles. The number of morpholine rings is 1. The maximum Gasteiger partial charge on any atom is 0.256 e. The maximum atomic E-state index is 13.4. The maximum absolute atomic E-state index is 13.4. The van der Waals surface area contributed by atoms with Crippen LogP contribution in [0.3, 0.4) is 0 Å². The van der Waals surface area contributed by atoms with E-state index < -0.39 is 21.8 Å². The van der Waals surface area contributed by atoms with Crippen LogP contribution in [0.15, 0.2) is 47.4 Å². The molecule has 0 radical (unpaired) electrons. The number of methoxy groups -OCH3 is 1. The molecule has 1 fully saturated rings. The van der Waals surface area contributed by atoms with Crippen LogP contribution >= 0.6 is 0 Å². The standard InChI is InChI=1S/C22H28N4O6S/c1-3-25(15-21(27)24-16-5-4-6-17(13-16)31-2)22(28)19-14-18(33(23,29)30)7-8-20(19)26-9-11-32-12-10-26/h4-8,13-14H,3,9-12,15H2,1-2H3,(H,24,27)(H2,23,29,30). The number of benzene rings is 2. The van der Waals surface area contributed by atoms with Crippen LogP contribution < -0.4 is 20.1 Å². The fourth-order valence-corrected chi connectivity index (χ4v) is 4.06. The minimum atomic E-state index is -4.01. The van der Waals surface area contributed by atoms with E-state index in [2.05, 4.69) is 5.32 Å². The molecular weight excluding hydrogens is 448 g/mol. The van der Waals surface area contributed by atoms with Crippen LogP contribution in [0.25, 0.3) is 0 Å².